The molecule has 11 heteroatoms. The molecule has 1 amide bonds. The summed E-state index contributed by atoms with van der Waals surface area (Å²) in [6.45, 7) is 0.453. The van der Waals surface area contributed by atoms with Gasteiger partial charge in [0.1, 0.15) is 11.6 Å². The lowest BCUT2D eigenvalue weighted by Crippen LogP contribution is -2.27. The smallest absolute Gasteiger partial charge is 0.259 e. The van der Waals surface area contributed by atoms with Crippen LogP contribution in [0.4, 0.5) is 15.9 Å². The quantitative estimate of drug-likeness (QED) is 0.497. The van der Waals surface area contributed by atoms with Crippen molar-refractivity contribution in [2.75, 3.05) is 39.3 Å². The summed E-state index contributed by atoms with van der Waals surface area (Å²) in [5, 5.41) is 0. The molecule has 9 nitrogen and oxygen atoms in total. The minimum absolute atomic E-state index is 0.0855. The number of nitrogens with zero attached hydrogens (tertiary/aromatic N) is 4. The molecule has 0 saturated heterocycles. The van der Waals surface area contributed by atoms with Gasteiger partial charge >= 0.3 is 0 Å². The third-order valence-corrected chi connectivity index (χ3v) is 7.73. The van der Waals surface area contributed by atoms with Crippen LogP contribution < -0.4 is 14.4 Å². The summed E-state index contributed by atoms with van der Waals surface area (Å²) in [7, 11) is 1.33. The monoisotopic (exact) mass is 512 g/mol. The molecule has 36 heavy (non-hydrogen) atoms. The van der Waals surface area contributed by atoms with E-state index in [9.17, 15) is 17.6 Å². The fourth-order valence-electron chi connectivity index (χ4n) is 4.45. The number of hydrogen-bond donors (Lipinski definition) is 0. The number of methoxy groups -OCH3 is 1. The first-order valence-corrected chi connectivity index (χ1v) is 13.2. The molecule has 0 saturated carbocycles. The average molecular weight is 513 g/mol. The number of halogens is 1. The zero-order valence-electron chi connectivity index (χ0n) is 20.1. The molecule has 188 valence electrons. The number of benzene rings is 2. The van der Waals surface area contributed by atoms with E-state index < -0.39 is 15.7 Å². The number of likely N-dealkylation sites (N-methyl/N-ethyl adjacent to an activating group) is 1. The largest absolute Gasteiger partial charge is 0.494 e. The number of carbonyl (C=O) groups is 1. The van der Waals surface area contributed by atoms with Gasteiger partial charge in [0.15, 0.2) is 33.8 Å². The number of ether oxygens (including phenoxy) is 2. The second kappa shape index (κ2) is 9.05. The molecule has 2 aliphatic rings. The molecule has 0 bridgehead atoms. The molecule has 5 rings (SSSR count). The first-order valence-electron chi connectivity index (χ1n) is 11.3. The van der Waals surface area contributed by atoms with Crippen molar-refractivity contribution in [1.82, 2.24) is 14.9 Å². The van der Waals surface area contributed by atoms with Gasteiger partial charge in [0.2, 0.25) is 0 Å². The second-order valence-corrected chi connectivity index (χ2v) is 11.0. The Bertz CT molecular complexity index is 1480. The maximum Gasteiger partial charge on any atom is 0.259 e. The molecule has 1 aromatic heterocycles. The second-order valence-electron chi connectivity index (χ2n) is 8.91. The van der Waals surface area contributed by atoms with Crippen molar-refractivity contribution >= 4 is 27.2 Å². The first kappa shape index (κ1) is 24.0. The van der Waals surface area contributed by atoms with E-state index in [0.717, 1.165) is 11.3 Å². The van der Waals surface area contributed by atoms with Crippen LogP contribution in [0.5, 0.6) is 11.5 Å². The Labute approximate surface area is 208 Å². The standard InChI is InChI=1S/C25H25FN4O5S/c1-29(2)23(31)12-35-21-6-4-5-20-16(21)9-10-30(20)25-17-13-36(32,33)14-19(17)27-24(28-25)15-7-8-22(34-3)18(26)11-15/h4-8,11H,9-10,12-14H2,1-3H3. The molecule has 0 unspecified atom stereocenters. The Morgan fingerprint density at radius 3 is 2.64 bits per heavy atom. The number of aromatic nitrogens is 2. The molecule has 0 spiro atoms. The van der Waals surface area contributed by atoms with Crippen molar-refractivity contribution in [3.05, 3.63) is 59.0 Å². The maximum absolute atomic E-state index is 14.4. The maximum atomic E-state index is 14.4. The summed E-state index contributed by atoms with van der Waals surface area (Å²) in [5.74, 6) is 0.338. The highest BCUT2D eigenvalue weighted by molar-refractivity contribution is 7.90. The number of rotatable bonds is 6. The zero-order chi connectivity index (χ0) is 25.6. The molecule has 2 aromatic carbocycles. The molecule has 0 aliphatic carbocycles. The number of sulfone groups is 1. The van der Waals surface area contributed by atoms with Crippen LogP contribution in [-0.4, -0.2) is 63.5 Å². The highest BCUT2D eigenvalue weighted by Gasteiger charge is 2.35. The van der Waals surface area contributed by atoms with E-state index in [0.29, 0.717) is 41.4 Å². The Kier molecular flexibility index (Phi) is 6.03. The van der Waals surface area contributed by atoms with Crippen LogP contribution in [0, 0.1) is 5.82 Å². The fourth-order valence-corrected chi connectivity index (χ4v) is 5.94. The van der Waals surface area contributed by atoms with Crippen molar-refractivity contribution in [3.8, 4) is 22.9 Å². The predicted molar refractivity (Wildman–Crippen MR) is 132 cm³/mol. The summed E-state index contributed by atoms with van der Waals surface area (Å²) >= 11 is 0. The molecule has 3 aromatic rings. The van der Waals surface area contributed by atoms with E-state index in [-0.39, 0.29) is 35.6 Å². The number of fused-ring (bicyclic) bond motifs is 2. The van der Waals surface area contributed by atoms with Crippen LogP contribution in [0.2, 0.25) is 0 Å². The lowest BCUT2D eigenvalue weighted by molar-refractivity contribution is -0.130. The van der Waals surface area contributed by atoms with Crippen molar-refractivity contribution < 1.29 is 27.1 Å². The van der Waals surface area contributed by atoms with E-state index in [1.807, 2.05) is 23.1 Å². The average Bonchev–Trinajstić information content (AvgIpc) is 3.41. The summed E-state index contributed by atoms with van der Waals surface area (Å²) in [4.78, 5) is 24.6. The Morgan fingerprint density at radius 2 is 1.92 bits per heavy atom. The van der Waals surface area contributed by atoms with Crippen LogP contribution >= 0.6 is 0 Å². The third-order valence-electron chi connectivity index (χ3n) is 6.29. The van der Waals surface area contributed by atoms with Gasteiger partial charge < -0.3 is 19.3 Å². The van der Waals surface area contributed by atoms with Crippen LogP contribution in [0.3, 0.4) is 0 Å². The summed E-state index contributed by atoms with van der Waals surface area (Å²) in [6.07, 6.45) is 0.625. The van der Waals surface area contributed by atoms with Crippen molar-refractivity contribution in [2.45, 2.75) is 17.9 Å². The van der Waals surface area contributed by atoms with E-state index in [2.05, 4.69) is 4.98 Å². The van der Waals surface area contributed by atoms with Crippen LogP contribution in [0.15, 0.2) is 36.4 Å². The van der Waals surface area contributed by atoms with E-state index in [1.54, 1.807) is 20.2 Å². The zero-order valence-corrected chi connectivity index (χ0v) is 20.9. The Balaban J connectivity index is 1.57. The van der Waals surface area contributed by atoms with Gasteiger partial charge in [-0.1, -0.05) is 6.07 Å². The number of hydrogen-bond acceptors (Lipinski definition) is 8. The highest BCUT2D eigenvalue weighted by Crippen LogP contribution is 2.43. The van der Waals surface area contributed by atoms with Gasteiger partial charge in [-0.15, -0.1) is 0 Å². The lowest BCUT2D eigenvalue weighted by Gasteiger charge is -2.22. The molecule has 0 fully saturated rings. The van der Waals surface area contributed by atoms with Crippen molar-refractivity contribution in [3.63, 3.8) is 0 Å². The normalized spacial score (nSPS) is 15.4. The minimum Gasteiger partial charge on any atom is -0.494 e. The predicted octanol–water partition coefficient (Wildman–Crippen LogP) is 2.88. The van der Waals surface area contributed by atoms with Crippen LogP contribution in [0.25, 0.3) is 11.4 Å². The molecule has 2 aliphatic heterocycles. The van der Waals surface area contributed by atoms with Crippen LogP contribution in [0.1, 0.15) is 16.8 Å². The van der Waals surface area contributed by atoms with Gasteiger partial charge in [-0.2, -0.15) is 0 Å². The van der Waals surface area contributed by atoms with Crippen LogP contribution in [-0.2, 0) is 32.6 Å². The van der Waals surface area contributed by atoms with E-state index in [1.165, 1.54) is 24.1 Å². The number of amides is 1. The molecule has 0 N–H and O–H groups in total. The molecule has 0 radical (unpaired) electrons. The summed E-state index contributed by atoms with van der Waals surface area (Å²) in [5.41, 5.74) is 3.12. The highest BCUT2D eigenvalue weighted by atomic mass is 32.2. The molecule has 0 atom stereocenters. The fraction of sp³-hybridized carbons (Fsp3) is 0.320. The van der Waals surface area contributed by atoms with E-state index >= 15 is 0 Å². The molecular formula is C25H25FN4O5S. The lowest BCUT2D eigenvalue weighted by atomic mass is 10.1. The van der Waals surface area contributed by atoms with Gasteiger partial charge in [0.25, 0.3) is 5.91 Å². The Morgan fingerprint density at radius 1 is 1.11 bits per heavy atom. The van der Waals surface area contributed by atoms with Gasteiger partial charge in [0.05, 0.1) is 24.3 Å². The topological polar surface area (TPSA) is 102 Å². The van der Waals surface area contributed by atoms with E-state index in [4.69, 9.17) is 14.5 Å². The molecule has 3 heterocycles. The van der Waals surface area contributed by atoms with Gasteiger partial charge in [0, 0.05) is 43.0 Å². The summed E-state index contributed by atoms with van der Waals surface area (Å²) in [6, 6.07) is 9.95. The van der Waals surface area contributed by atoms with Crippen molar-refractivity contribution in [2.24, 2.45) is 0 Å². The summed E-state index contributed by atoms with van der Waals surface area (Å²) < 4.78 is 50.3. The van der Waals surface area contributed by atoms with Crippen molar-refractivity contribution in [1.29, 1.82) is 0 Å². The van der Waals surface area contributed by atoms with Gasteiger partial charge in [-0.05, 0) is 36.8 Å². The van der Waals surface area contributed by atoms with Gasteiger partial charge in [-0.25, -0.2) is 22.8 Å². The molecular weight excluding hydrogens is 487 g/mol. The number of carbonyl (C=O) groups excluding carboxylic acids is 1. The third kappa shape index (κ3) is 4.34. The SMILES string of the molecule is COc1ccc(-c2nc3c(c(N4CCc5c(OCC(=O)N(C)C)cccc54)n2)CS(=O)(=O)C3)cc1F. The van der Waals surface area contributed by atoms with Gasteiger partial charge in [-0.3, -0.25) is 4.79 Å². The first-order chi connectivity index (χ1) is 17.2. The Hall–Kier alpha value is -3.73. The minimum atomic E-state index is -3.38. The number of anilines is 2.